The maximum Gasteiger partial charge on any atom is 0.329 e. The molecule has 0 amide bonds. The Bertz CT molecular complexity index is 568. The van der Waals surface area contributed by atoms with Gasteiger partial charge in [0.1, 0.15) is 11.2 Å². The quantitative estimate of drug-likeness (QED) is 0.632. The van der Waals surface area contributed by atoms with Gasteiger partial charge in [0, 0.05) is 10.5 Å². The summed E-state index contributed by atoms with van der Waals surface area (Å²) in [5.74, 6) is -0.472. The van der Waals surface area contributed by atoms with Crippen LogP contribution in [0.5, 0.6) is 0 Å². The second kappa shape index (κ2) is 6.01. The zero-order chi connectivity index (χ0) is 15.6. The number of anilines is 1. The molecule has 0 atom stereocenters. The van der Waals surface area contributed by atoms with Crippen molar-refractivity contribution in [2.45, 2.75) is 38.1 Å². The third-order valence-electron chi connectivity index (χ3n) is 4.07. The topological polar surface area (TPSA) is 92.5 Å². The molecule has 0 spiro atoms. The Morgan fingerprint density at radius 2 is 2.10 bits per heavy atom. The van der Waals surface area contributed by atoms with Gasteiger partial charge in [-0.25, -0.2) is 4.79 Å². The number of benzene rings is 1. The number of rotatable bonds is 4. The summed E-state index contributed by atoms with van der Waals surface area (Å²) in [5, 5.41) is 23.6. The van der Waals surface area contributed by atoms with Crippen LogP contribution in [0, 0.1) is 16.0 Å². The van der Waals surface area contributed by atoms with Crippen LogP contribution in [0.25, 0.3) is 0 Å². The molecule has 6 nitrogen and oxygen atoms in total. The SMILES string of the molecule is CC1CCC(Nc2cc(Br)ccc2[N+](=O)[O-])(C(=O)O)CC1. The lowest BCUT2D eigenvalue weighted by molar-refractivity contribution is -0.384. The molecule has 0 aromatic heterocycles. The summed E-state index contributed by atoms with van der Waals surface area (Å²) in [5.41, 5.74) is -0.998. The molecule has 1 fully saturated rings. The van der Waals surface area contributed by atoms with Crippen molar-refractivity contribution in [2.24, 2.45) is 5.92 Å². The lowest BCUT2D eigenvalue weighted by atomic mass is 9.77. The van der Waals surface area contributed by atoms with Gasteiger partial charge < -0.3 is 10.4 Å². The van der Waals surface area contributed by atoms with Crippen LogP contribution < -0.4 is 5.32 Å². The number of carbonyl (C=O) groups is 1. The van der Waals surface area contributed by atoms with E-state index in [0.29, 0.717) is 23.2 Å². The van der Waals surface area contributed by atoms with E-state index in [1.807, 2.05) is 0 Å². The minimum absolute atomic E-state index is 0.113. The fourth-order valence-corrected chi connectivity index (χ4v) is 3.03. The fraction of sp³-hybridized carbons (Fsp3) is 0.500. The van der Waals surface area contributed by atoms with Crippen molar-refractivity contribution in [3.05, 3.63) is 32.8 Å². The maximum atomic E-state index is 11.7. The highest BCUT2D eigenvalue weighted by Gasteiger charge is 2.42. The van der Waals surface area contributed by atoms with Crippen LogP contribution >= 0.6 is 15.9 Å². The van der Waals surface area contributed by atoms with E-state index in [1.165, 1.54) is 6.07 Å². The van der Waals surface area contributed by atoms with Crippen molar-refractivity contribution in [3.8, 4) is 0 Å². The fourth-order valence-electron chi connectivity index (χ4n) is 2.67. The molecule has 0 radical (unpaired) electrons. The Kier molecular flexibility index (Phi) is 4.51. The van der Waals surface area contributed by atoms with E-state index >= 15 is 0 Å². The van der Waals surface area contributed by atoms with E-state index in [2.05, 4.69) is 28.2 Å². The number of hydrogen-bond donors (Lipinski definition) is 2. The average Bonchev–Trinajstić information content (AvgIpc) is 2.41. The van der Waals surface area contributed by atoms with E-state index in [0.717, 1.165) is 12.8 Å². The number of hydrogen-bond acceptors (Lipinski definition) is 4. The van der Waals surface area contributed by atoms with Gasteiger partial charge >= 0.3 is 5.97 Å². The van der Waals surface area contributed by atoms with Gasteiger partial charge in [0.25, 0.3) is 5.69 Å². The lowest BCUT2D eigenvalue weighted by Crippen LogP contribution is -2.49. The number of nitro benzene ring substituents is 1. The molecule has 0 aliphatic heterocycles. The van der Waals surface area contributed by atoms with Crippen molar-refractivity contribution < 1.29 is 14.8 Å². The van der Waals surface area contributed by atoms with Crippen LogP contribution in [0.4, 0.5) is 11.4 Å². The maximum absolute atomic E-state index is 11.7. The Balaban J connectivity index is 2.36. The number of halogens is 1. The lowest BCUT2D eigenvalue weighted by Gasteiger charge is -2.37. The summed E-state index contributed by atoms with van der Waals surface area (Å²) in [7, 11) is 0. The molecule has 1 aliphatic carbocycles. The average molecular weight is 357 g/mol. The zero-order valence-corrected chi connectivity index (χ0v) is 13.2. The number of nitro groups is 1. The molecule has 21 heavy (non-hydrogen) atoms. The molecule has 2 rings (SSSR count). The second-order valence-electron chi connectivity index (χ2n) is 5.61. The molecule has 1 aromatic carbocycles. The minimum Gasteiger partial charge on any atom is -0.480 e. The molecule has 0 unspecified atom stereocenters. The van der Waals surface area contributed by atoms with Crippen LogP contribution in [-0.4, -0.2) is 21.5 Å². The van der Waals surface area contributed by atoms with E-state index < -0.39 is 16.4 Å². The van der Waals surface area contributed by atoms with Crippen molar-refractivity contribution in [1.29, 1.82) is 0 Å². The monoisotopic (exact) mass is 356 g/mol. The standard InChI is InChI=1S/C14H17BrN2O4/c1-9-4-6-14(7-5-9,13(18)19)16-11-8-10(15)2-3-12(11)17(20)21/h2-3,8-9,16H,4-7H2,1H3,(H,18,19). The number of nitrogens with zero attached hydrogens (tertiary/aromatic N) is 1. The summed E-state index contributed by atoms with van der Waals surface area (Å²) in [6.45, 7) is 2.09. The number of carboxylic acid groups (broad SMARTS) is 1. The molecule has 1 aliphatic rings. The predicted octanol–water partition coefficient (Wildman–Crippen LogP) is 3.80. The molecular weight excluding hydrogens is 340 g/mol. The first kappa shape index (κ1) is 15.8. The molecule has 0 saturated heterocycles. The Morgan fingerprint density at radius 1 is 1.48 bits per heavy atom. The number of nitrogens with one attached hydrogen (secondary N) is 1. The summed E-state index contributed by atoms with van der Waals surface area (Å²) >= 11 is 3.26. The van der Waals surface area contributed by atoms with E-state index in [-0.39, 0.29) is 11.4 Å². The van der Waals surface area contributed by atoms with E-state index in [9.17, 15) is 20.0 Å². The van der Waals surface area contributed by atoms with Gasteiger partial charge in [-0.1, -0.05) is 22.9 Å². The Labute approximate surface area is 130 Å². The van der Waals surface area contributed by atoms with Crippen LogP contribution in [-0.2, 0) is 4.79 Å². The van der Waals surface area contributed by atoms with Crippen LogP contribution in [0.1, 0.15) is 32.6 Å². The van der Waals surface area contributed by atoms with Crippen LogP contribution in [0.15, 0.2) is 22.7 Å². The van der Waals surface area contributed by atoms with Crippen molar-refractivity contribution in [1.82, 2.24) is 0 Å². The van der Waals surface area contributed by atoms with Crippen molar-refractivity contribution in [2.75, 3.05) is 5.32 Å². The van der Waals surface area contributed by atoms with Gasteiger partial charge in [-0.3, -0.25) is 10.1 Å². The van der Waals surface area contributed by atoms with Gasteiger partial charge in [-0.15, -0.1) is 0 Å². The van der Waals surface area contributed by atoms with Gasteiger partial charge in [-0.05, 0) is 43.7 Å². The highest BCUT2D eigenvalue weighted by Crippen LogP contribution is 2.38. The van der Waals surface area contributed by atoms with E-state index in [4.69, 9.17) is 0 Å². The first-order valence-electron chi connectivity index (χ1n) is 6.79. The normalized spacial score (nSPS) is 25.3. The first-order chi connectivity index (χ1) is 9.84. The number of aliphatic carboxylic acids is 1. The van der Waals surface area contributed by atoms with Crippen LogP contribution in [0.3, 0.4) is 0 Å². The van der Waals surface area contributed by atoms with Gasteiger partial charge in [-0.2, -0.15) is 0 Å². The largest absolute Gasteiger partial charge is 0.480 e. The Morgan fingerprint density at radius 3 is 2.62 bits per heavy atom. The van der Waals surface area contributed by atoms with Crippen LogP contribution in [0.2, 0.25) is 0 Å². The summed E-state index contributed by atoms with van der Waals surface area (Å²) in [6, 6.07) is 4.49. The highest BCUT2D eigenvalue weighted by atomic mass is 79.9. The molecule has 7 heteroatoms. The third kappa shape index (κ3) is 3.34. The zero-order valence-electron chi connectivity index (χ0n) is 11.6. The molecule has 0 bridgehead atoms. The third-order valence-corrected chi connectivity index (χ3v) is 4.56. The van der Waals surface area contributed by atoms with Gasteiger partial charge in [0.2, 0.25) is 0 Å². The van der Waals surface area contributed by atoms with Crippen molar-refractivity contribution >= 4 is 33.3 Å². The smallest absolute Gasteiger partial charge is 0.329 e. The second-order valence-corrected chi connectivity index (χ2v) is 6.53. The van der Waals surface area contributed by atoms with Gasteiger partial charge in [0.15, 0.2) is 0 Å². The summed E-state index contributed by atoms with van der Waals surface area (Å²) < 4.78 is 0.667. The minimum atomic E-state index is -1.13. The molecule has 0 heterocycles. The molecule has 1 aromatic rings. The van der Waals surface area contributed by atoms with E-state index in [1.54, 1.807) is 12.1 Å². The van der Waals surface area contributed by atoms with Gasteiger partial charge in [0.05, 0.1) is 4.92 Å². The molecule has 1 saturated carbocycles. The first-order valence-corrected chi connectivity index (χ1v) is 7.59. The highest BCUT2D eigenvalue weighted by molar-refractivity contribution is 9.10. The summed E-state index contributed by atoms with van der Waals surface area (Å²) in [6.07, 6.45) is 2.52. The molecular formula is C14H17BrN2O4. The Hall–Kier alpha value is -1.63. The number of carboxylic acids is 1. The molecule has 2 N–H and O–H groups in total. The van der Waals surface area contributed by atoms with Crippen molar-refractivity contribution in [3.63, 3.8) is 0 Å². The summed E-state index contributed by atoms with van der Waals surface area (Å²) in [4.78, 5) is 22.3. The predicted molar refractivity (Wildman–Crippen MR) is 82.4 cm³/mol. The molecule has 114 valence electrons.